The van der Waals surface area contributed by atoms with E-state index in [1.165, 1.54) is 4.90 Å². The van der Waals surface area contributed by atoms with Gasteiger partial charge in [0.1, 0.15) is 5.41 Å². The Morgan fingerprint density at radius 1 is 1.11 bits per heavy atom. The van der Waals surface area contributed by atoms with Crippen LogP contribution in [0.2, 0.25) is 0 Å². The largest absolute Gasteiger partial charge is 0.330 e. The van der Waals surface area contributed by atoms with Crippen LogP contribution in [0.25, 0.3) is 0 Å². The molecule has 1 spiro atoms. The number of hydrogen-bond donors (Lipinski definition) is 1. The molecular formula is C14H20N2O3. The molecule has 5 heteroatoms. The van der Waals surface area contributed by atoms with Crippen LogP contribution >= 0.6 is 0 Å². The molecule has 0 radical (unpaired) electrons. The predicted octanol–water partition coefficient (Wildman–Crippen LogP) is 1.82. The number of rotatable bonds is 3. The highest BCUT2D eigenvalue weighted by Gasteiger charge is 2.57. The molecule has 1 N–H and O–H groups in total. The number of nitrogens with one attached hydrogen (secondary N) is 1. The predicted molar refractivity (Wildman–Crippen MR) is 68.1 cm³/mol. The summed E-state index contributed by atoms with van der Waals surface area (Å²) in [6.07, 6.45) is 6.06. The lowest BCUT2D eigenvalue weighted by molar-refractivity contribution is -0.151. The molecule has 0 unspecified atom stereocenters. The van der Waals surface area contributed by atoms with Crippen LogP contribution in [0.1, 0.15) is 51.9 Å². The quantitative estimate of drug-likeness (QED) is 0.791. The van der Waals surface area contributed by atoms with Crippen LogP contribution in [0, 0.1) is 10.8 Å². The summed E-state index contributed by atoms with van der Waals surface area (Å²) in [4.78, 5) is 38.0. The lowest BCUT2D eigenvalue weighted by atomic mass is 9.81. The van der Waals surface area contributed by atoms with Crippen molar-refractivity contribution in [3.05, 3.63) is 0 Å². The Kier molecular flexibility index (Phi) is 2.69. The van der Waals surface area contributed by atoms with Gasteiger partial charge >= 0.3 is 6.03 Å². The van der Waals surface area contributed by atoms with E-state index >= 15 is 0 Å². The van der Waals surface area contributed by atoms with Crippen LogP contribution in [0.15, 0.2) is 0 Å². The molecule has 1 saturated heterocycles. The van der Waals surface area contributed by atoms with E-state index in [2.05, 4.69) is 12.2 Å². The van der Waals surface area contributed by atoms with E-state index < -0.39 is 11.4 Å². The number of urea groups is 1. The van der Waals surface area contributed by atoms with E-state index in [4.69, 9.17) is 0 Å². The first-order valence-corrected chi connectivity index (χ1v) is 7.20. The molecule has 0 aromatic carbocycles. The molecule has 0 bridgehead atoms. The Labute approximate surface area is 112 Å². The van der Waals surface area contributed by atoms with Crippen molar-refractivity contribution >= 4 is 17.8 Å². The molecule has 3 fully saturated rings. The maximum Gasteiger partial charge on any atom is 0.330 e. The van der Waals surface area contributed by atoms with Crippen molar-refractivity contribution in [2.45, 2.75) is 51.9 Å². The zero-order chi connectivity index (χ0) is 13.7. The van der Waals surface area contributed by atoms with Gasteiger partial charge in [-0.3, -0.25) is 19.8 Å². The normalized spacial score (nSPS) is 27.8. The molecule has 1 aliphatic heterocycles. The van der Waals surface area contributed by atoms with Crippen LogP contribution in [0.4, 0.5) is 4.79 Å². The molecule has 104 valence electrons. The summed E-state index contributed by atoms with van der Waals surface area (Å²) in [6, 6.07) is -0.521. The molecule has 4 amide bonds. The molecule has 2 saturated carbocycles. The van der Waals surface area contributed by atoms with Crippen molar-refractivity contribution in [2.24, 2.45) is 10.8 Å². The summed E-state index contributed by atoms with van der Waals surface area (Å²) in [7, 11) is 0. The van der Waals surface area contributed by atoms with Gasteiger partial charge in [-0.2, -0.15) is 0 Å². The fourth-order valence-electron chi connectivity index (χ4n) is 3.43. The number of carbonyl (C=O) groups is 3. The Hall–Kier alpha value is -1.39. The van der Waals surface area contributed by atoms with Crippen molar-refractivity contribution in [3.8, 4) is 0 Å². The third-order valence-electron chi connectivity index (χ3n) is 5.21. The fraction of sp³-hybridized carbons (Fsp3) is 0.786. The number of nitrogens with zero attached hydrogens (tertiary/aromatic N) is 1. The monoisotopic (exact) mass is 264 g/mol. The van der Waals surface area contributed by atoms with E-state index in [0.29, 0.717) is 19.4 Å². The van der Waals surface area contributed by atoms with Crippen LogP contribution in [-0.4, -0.2) is 29.3 Å². The number of carbonyl (C=O) groups excluding carboxylic acids is 3. The Balaban J connectivity index is 1.85. The molecular weight excluding hydrogens is 244 g/mol. The third-order valence-corrected chi connectivity index (χ3v) is 5.21. The summed E-state index contributed by atoms with van der Waals surface area (Å²) in [5.74, 6) is -0.629. The summed E-state index contributed by atoms with van der Waals surface area (Å²) in [5.41, 5.74) is -0.828. The molecule has 1 heterocycles. The average Bonchev–Trinajstić information content (AvgIpc) is 2.99. The lowest BCUT2D eigenvalue weighted by Gasteiger charge is -2.38. The molecule has 0 atom stereocenters. The second-order valence-corrected chi connectivity index (χ2v) is 6.29. The molecule has 0 aromatic rings. The van der Waals surface area contributed by atoms with Crippen LogP contribution in [0.3, 0.4) is 0 Å². The maximum absolute atomic E-state index is 12.6. The number of hydrogen-bond acceptors (Lipinski definition) is 3. The summed E-state index contributed by atoms with van der Waals surface area (Å²) >= 11 is 0. The van der Waals surface area contributed by atoms with Gasteiger partial charge in [-0.05, 0) is 37.5 Å². The summed E-state index contributed by atoms with van der Waals surface area (Å²) in [6.45, 7) is 2.57. The smallest absolute Gasteiger partial charge is 0.277 e. The highest BCUT2D eigenvalue weighted by molar-refractivity contribution is 6.19. The second kappa shape index (κ2) is 4.05. The first-order chi connectivity index (χ1) is 9.03. The zero-order valence-corrected chi connectivity index (χ0v) is 11.3. The van der Waals surface area contributed by atoms with Crippen LogP contribution in [-0.2, 0) is 9.59 Å². The Morgan fingerprint density at radius 3 is 2.26 bits per heavy atom. The Morgan fingerprint density at radius 2 is 1.74 bits per heavy atom. The summed E-state index contributed by atoms with van der Waals surface area (Å²) in [5, 5.41) is 2.39. The first-order valence-electron chi connectivity index (χ1n) is 7.20. The minimum atomic E-state index is -0.947. The van der Waals surface area contributed by atoms with Gasteiger partial charge < -0.3 is 0 Å². The van der Waals surface area contributed by atoms with Gasteiger partial charge in [-0.15, -0.1) is 0 Å². The van der Waals surface area contributed by atoms with E-state index in [1.54, 1.807) is 0 Å². The van der Waals surface area contributed by atoms with E-state index in [1.807, 2.05) is 0 Å². The van der Waals surface area contributed by atoms with Gasteiger partial charge in [0.15, 0.2) is 0 Å². The molecule has 2 aliphatic carbocycles. The van der Waals surface area contributed by atoms with Crippen LogP contribution in [0.5, 0.6) is 0 Å². The summed E-state index contributed by atoms with van der Waals surface area (Å²) < 4.78 is 0. The minimum Gasteiger partial charge on any atom is -0.277 e. The third kappa shape index (κ3) is 1.78. The molecule has 3 aliphatic rings. The molecule has 0 aromatic heterocycles. The maximum atomic E-state index is 12.6. The van der Waals surface area contributed by atoms with E-state index in [9.17, 15) is 14.4 Å². The van der Waals surface area contributed by atoms with E-state index in [-0.39, 0.29) is 17.2 Å². The highest BCUT2D eigenvalue weighted by Crippen LogP contribution is 2.50. The van der Waals surface area contributed by atoms with Gasteiger partial charge in [0.2, 0.25) is 11.8 Å². The van der Waals surface area contributed by atoms with E-state index in [0.717, 1.165) is 32.1 Å². The van der Waals surface area contributed by atoms with Crippen molar-refractivity contribution in [1.29, 1.82) is 0 Å². The average molecular weight is 264 g/mol. The topological polar surface area (TPSA) is 66.5 Å². The standard InChI is InChI=1S/C14H20N2O3/c1-2-13(7-8-13)9-16-11(18)14(5-3-4-6-14)10(17)15-12(16)19/h2-9H2,1H3,(H,15,17,19). The van der Waals surface area contributed by atoms with Crippen LogP contribution < -0.4 is 5.32 Å². The van der Waals surface area contributed by atoms with Crippen molar-refractivity contribution in [2.75, 3.05) is 6.54 Å². The zero-order valence-electron chi connectivity index (χ0n) is 11.3. The lowest BCUT2D eigenvalue weighted by Crippen LogP contribution is -2.63. The van der Waals surface area contributed by atoms with Crippen molar-refractivity contribution < 1.29 is 14.4 Å². The van der Waals surface area contributed by atoms with Gasteiger partial charge in [0.25, 0.3) is 0 Å². The molecule has 19 heavy (non-hydrogen) atoms. The SMILES string of the molecule is CCC1(CN2C(=O)NC(=O)C3(CCCC3)C2=O)CC1. The minimum absolute atomic E-state index is 0.118. The van der Waals surface area contributed by atoms with Crippen molar-refractivity contribution in [1.82, 2.24) is 10.2 Å². The molecule has 5 nitrogen and oxygen atoms in total. The van der Waals surface area contributed by atoms with Crippen molar-refractivity contribution in [3.63, 3.8) is 0 Å². The first kappa shape index (κ1) is 12.6. The fourth-order valence-corrected chi connectivity index (χ4v) is 3.43. The molecule has 3 rings (SSSR count). The van der Waals surface area contributed by atoms with Gasteiger partial charge in [-0.25, -0.2) is 4.79 Å². The van der Waals surface area contributed by atoms with Gasteiger partial charge in [0.05, 0.1) is 0 Å². The Bertz CT molecular complexity index is 448. The number of imide groups is 2. The number of barbiturate groups is 1. The second-order valence-electron chi connectivity index (χ2n) is 6.29. The highest BCUT2D eigenvalue weighted by atomic mass is 16.2. The number of amides is 4. The van der Waals surface area contributed by atoms with Gasteiger partial charge in [0, 0.05) is 6.54 Å². The van der Waals surface area contributed by atoms with Gasteiger partial charge in [-0.1, -0.05) is 19.8 Å².